The largest absolute Gasteiger partial charge is 0.392 e. The molecule has 0 spiro atoms. The lowest BCUT2D eigenvalue weighted by Crippen LogP contribution is -2.34. The summed E-state index contributed by atoms with van der Waals surface area (Å²) in [5, 5.41) is 8.80. The molecule has 6 heteroatoms. The molecule has 1 rings (SSSR count). The summed E-state index contributed by atoms with van der Waals surface area (Å²) >= 11 is 0. The van der Waals surface area contributed by atoms with Crippen LogP contribution in [0.3, 0.4) is 0 Å². The van der Waals surface area contributed by atoms with E-state index in [9.17, 15) is 4.79 Å². The molecule has 0 saturated heterocycles. The molecule has 0 unspecified atom stereocenters. The molecule has 0 aromatic carbocycles. The molecule has 1 aromatic heterocycles. The molecule has 0 radical (unpaired) electrons. The molecule has 0 bridgehead atoms. The zero-order chi connectivity index (χ0) is 11.3. The van der Waals surface area contributed by atoms with Gasteiger partial charge in [0.2, 0.25) is 11.9 Å². The zero-order valence-corrected chi connectivity index (χ0v) is 8.55. The quantitative estimate of drug-likeness (QED) is 0.669. The molecule has 6 nitrogen and oxygen atoms in total. The highest BCUT2D eigenvalue weighted by Crippen LogP contribution is 2.06. The Labute approximate surface area is 87.8 Å². The van der Waals surface area contributed by atoms with E-state index in [-0.39, 0.29) is 13.2 Å². The molecular formula is C9H14N4O2. The predicted octanol–water partition coefficient (Wildman–Crippen LogP) is -0.720. The minimum atomic E-state index is -0.424. The SMILES string of the molecule is CCN(CC(N)=O)c1ncc(CO)cn1. The maximum Gasteiger partial charge on any atom is 0.237 e. The van der Waals surface area contributed by atoms with Gasteiger partial charge in [-0.1, -0.05) is 0 Å². The number of anilines is 1. The van der Waals surface area contributed by atoms with Gasteiger partial charge in [0.25, 0.3) is 0 Å². The standard InChI is InChI=1S/C9H14N4O2/c1-2-13(5-8(10)15)9-11-3-7(6-14)4-12-9/h3-4,14H,2,5-6H2,1H3,(H2,10,15). The molecule has 15 heavy (non-hydrogen) atoms. The van der Waals surface area contributed by atoms with Gasteiger partial charge in [-0.05, 0) is 6.92 Å². The summed E-state index contributed by atoms with van der Waals surface area (Å²) in [5.41, 5.74) is 5.72. The summed E-state index contributed by atoms with van der Waals surface area (Å²) in [6, 6.07) is 0. The van der Waals surface area contributed by atoms with E-state index in [4.69, 9.17) is 10.8 Å². The topological polar surface area (TPSA) is 92.3 Å². The number of aromatic nitrogens is 2. The molecule has 1 amide bonds. The number of likely N-dealkylation sites (N-methyl/N-ethyl adjacent to an activating group) is 1. The van der Waals surface area contributed by atoms with E-state index in [1.54, 1.807) is 4.90 Å². The van der Waals surface area contributed by atoms with Crippen molar-refractivity contribution in [3.05, 3.63) is 18.0 Å². The third-order valence-electron chi connectivity index (χ3n) is 1.89. The number of nitrogens with zero attached hydrogens (tertiary/aromatic N) is 3. The average Bonchev–Trinajstić information content (AvgIpc) is 2.26. The number of primary amides is 1. The van der Waals surface area contributed by atoms with Crippen molar-refractivity contribution < 1.29 is 9.90 Å². The zero-order valence-electron chi connectivity index (χ0n) is 8.55. The van der Waals surface area contributed by atoms with Gasteiger partial charge in [0.15, 0.2) is 0 Å². The van der Waals surface area contributed by atoms with E-state index < -0.39 is 5.91 Å². The van der Waals surface area contributed by atoms with E-state index in [0.29, 0.717) is 18.1 Å². The fraction of sp³-hybridized carbons (Fsp3) is 0.444. The summed E-state index contributed by atoms with van der Waals surface area (Å²) in [4.78, 5) is 20.4. The van der Waals surface area contributed by atoms with Crippen LogP contribution < -0.4 is 10.6 Å². The van der Waals surface area contributed by atoms with Gasteiger partial charge >= 0.3 is 0 Å². The predicted molar refractivity (Wildman–Crippen MR) is 55.0 cm³/mol. The van der Waals surface area contributed by atoms with E-state index in [2.05, 4.69) is 9.97 Å². The Balaban J connectivity index is 2.78. The van der Waals surface area contributed by atoms with Crippen molar-refractivity contribution in [1.82, 2.24) is 9.97 Å². The van der Waals surface area contributed by atoms with Crippen LogP contribution in [0.1, 0.15) is 12.5 Å². The number of hydrogen-bond donors (Lipinski definition) is 2. The fourth-order valence-electron chi connectivity index (χ4n) is 1.10. The lowest BCUT2D eigenvalue weighted by Gasteiger charge is -2.18. The first kappa shape index (κ1) is 11.4. The Hall–Kier alpha value is -1.69. The maximum atomic E-state index is 10.8. The molecule has 0 atom stereocenters. The van der Waals surface area contributed by atoms with Gasteiger partial charge in [0.05, 0.1) is 13.2 Å². The van der Waals surface area contributed by atoms with Gasteiger partial charge in [-0.25, -0.2) is 9.97 Å². The van der Waals surface area contributed by atoms with E-state index in [1.807, 2.05) is 6.92 Å². The molecule has 1 heterocycles. The van der Waals surface area contributed by atoms with E-state index in [0.717, 1.165) is 0 Å². The molecule has 3 N–H and O–H groups in total. The highest BCUT2D eigenvalue weighted by Gasteiger charge is 2.09. The first-order valence-electron chi connectivity index (χ1n) is 4.62. The Morgan fingerprint density at radius 3 is 2.53 bits per heavy atom. The fourth-order valence-corrected chi connectivity index (χ4v) is 1.10. The third kappa shape index (κ3) is 3.17. The highest BCUT2D eigenvalue weighted by atomic mass is 16.3. The van der Waals surface area contributed by atoms with Crippen LogP contribution in [0, 0.1) is 0 Å². The second-order valence-corrected chi connectivity index (χ2v) is 3.03. The lowest BCUT2D eigenvalue weighted by atomic mass is 10.4. The monoisotopic (exact) mass is 210 g/mol. The average molecular weight is 210 g/mol. The van der Waals surface area contributed by atoms with Crippen molar-refractivity contribution in [2.24, 2.45) is 5.73 Å². The minimum Gasteiger partial charge on any atom is -0.392 e. The van der Waals surface area contributed by atoms with Gasteiger partial charge in [0.1, 0.15) is 0 Å². The van der Waals surface area contributed by atoms with Crippen LogP contribution >= 0.6 is 0 Å². The first-order valence-corrected chi connectivity index (χ1v) is 4.62. The summed E-state index contributed by atoms with van der Waals surface area (Å²) < 4.78 is 0. The maximum absolute atomic E-state index is 10.8. The van der Waals surface area contributed by atoms with Gasteiger partial charge in [0, 0.05) is 24.5 Å². The Kier molecular flexibility index (Phi) is 3.99. The number of rotatable bonds is 5. The number of aliphatic hydroxyl groups excluding tert-OH is 1. The number of nitrogens with two attached hydrogens (primary N) is 1. The summed E-state index contributed by atoms with van der Waals surface area (Å²) in [6.07, 6.45) is 3.04. The number of carbonyl (C=O) groups excluding carboxylic acids is 1. The van der Waals surface area contributed by atoms with Crippen LogP contribution in [0.5, 0.6) is 0 Å². The number of carbonyl (C=O) groups is 1. The molecule has 0 fully saturated rings. The van der Waals surface area contributed by atoms with Crippen molar-refractivity contribution in [2.45, 2.75) is 13.5 Å². The summed E-state index contributed by atoms with van der Waals surface area (Å²) in [7, 11) is 0. The van der Waals surface area contributed by atoms with Crippen molar-refractivity contribution >= 4 is 11.9 Å². The van der Waals surface area contributed by atoms with Crippen LogP contribution in [0.2, 0.25) is 0 Å². The number of hydrogen-bond acceptors (Lipinski definition) is 5. The summed E-state index contributed by atoms with van der Waals surface area (Å²) in [5.74, 6) is 0.0141. The molecular weight excluding hydrogens is 196 g/mol. The second-order valence-electron chi connectivity index (χ2n) is 3.03. The Morgan fingerprint density at radius 2 is 2.13 bits per heavy atom. The molecule has 1 aromatic rings. The van der Waals surface area contributed by atoms with Crippen molar-refractivity contribution in [3.63, 3.8) is 0 Å². The first-order chi connectivity index (χ1) is 7.17. The van der Waals surface area contributed by atoms with Gasteiger partial charge < -0.3 is 15.7 Å². The molecule has 0 aliphatic heterocycles. The van der Waals surface area contributed by atoms with Crippen LogP contribution in [-0.4, -0.2) is 34.1 Å². The lowest BCUT2D eigenvalue weighted by molar-refractivity contribution is -0.116. The van der Waals surface area contributed by atoms with Crippen molar-refractivity contribution in [3.8, 4) is 0 Å². The van der Waals surface area contributed by atoms with Gasteiger partial charge in [-0.2, -0.15) is 0 Å². The Morgan fingerprint density at radius 1 is 1.53 bits per heavy atom. The van der Waals surface area contributed by atoms with Crippen LogP contribution in [0.4, 0.5) is 5.95 Å². The van der Waals surface area contributed by atoms with Gasteiger partial charge in [-0.3, -0.25) is 4.79 Å². The van der Waals surface area contributed by atoms with Gasteiger partial charge in [-0.15, -0.1) is 0 Å². The molecule has 0 aliphatic carbocycles. The Bertz CT molecular complexity index is 325. The molecule has 0 aliphatic rings. The van der Waals surface area contributed by atoms with E-state index in [1.165, 1.54) is 12.4 Å². The van der Waals surface area contributed by atoms with Crippen molar-refractivity contribution in [2.75, 3.05) is 18.0 Å². The van der Waals surface area contributed by atoms with Crippen molar-refractivity contribution in [1.29, 1.82) is 0 Å². The molecule has 0 saturated carbocycles. The molecule has 82 valence electrons. The van der Waals surface area contributed by atoms with Crippen LogP contribution in [-0.2, 0) is 11.4 Å². The number of aliphatic hydroxyl groups is 1. The minimum absolute atomic E-state index is 0.0922. The second kappa shape index (κ2) is 5.26. The summed E-state index contributed by atoms with van der Waals surface area (Å²) in [6.45, 7) is 2.48. The highest BCUT2D eigenvalue weighted by molar-refractivity contribution is 5.78. The van der Waals surface area contributed by atoms with E-state index >= 15 is 0 Å². The number of amides is 1. The van der Waals surface area contributed by atoms with Crippen LogP contribution in [0.25, 0.3) is 0 Å². The van der Waals surface area contributed by atoms with Crippen LogP contribution in [0.15, 0.2) is 12.4 Å². The smallest absolute Gasteiger partial charge is 0.237 e. The normalized spacial score (nSPS) is 10.0. The third-order valence-corrected chi connectivity index (χ3v) is 1.89.